The van der Waals surface area contributed by atoms with Crippen LogP contribution in [0, 0.1) is 0 Å². The van der Waals surface area contributed by atoms with Gasteiger partial charge in [-0.3, -0.25) is 4.79 Å². The number of hydrogen-bond donors (Lipinski definition) is 1. The molecule has 29 heavy (non-hydrogen) atoms. The number of rotatable bonds is 3. The molecule has 0 aromatic heterocycles. The third kappa shape index (κ3) is 4.23. The van der Waals surface area contributed by atoms with Crippen molar-refractivity contribution >= 4 is 35.3 Å². The molecule has 0 radical (unpaired) electrons. The van der Waals surface area contributed by atoms with Gasteiger partial charge in [-0.05, 0) is 30.5 Å². The van der Waals surface area contributed by atoms with Crippen LogP contribution in [0.4, 0.5) is 4.79 Å². The van der Waals surface area contributed by atoms with E-state index in [2.05, 4.69) is 5.32 Å². The maximum atomic E-state index is 13.2. The summed E-state index contributed by atoms with van der Waals surface area (Å²) in [6, 6.07) is 17.1. The summed E-state index contributed by atoms with van der Waals surface area (Å²) in [5, 5.41) is 3.49. The van der Waals surface area contributed by atoms with Gasteiger partial charge in [0, 0.05) is 31.9 Å². The van der Waals surface area contributed by atoms with Gasteiger partial charge in [-0.1, -0.05) is 54.1 Å². The number of carbonyl (C=O) groups is 2. The molecule has 3 amide bonds. The molecule has 0 atom stereocenters. The lowest BCUT2D eigenvalue weighted by molar-refractivity contribution is 0.0581. The fraction of sp³-hybridized carbons (Fsp3) is 0.364. The first-order valence-electron chi connectivity index (χ1n) is 9.86. The molecule has 0 saturated carbocycles. The predicted molar refractivity (Wildman–Crippen MR) is 117 cm³/mol. The fourth-order valence-electron chi connectivity index (χ4n) is 4.03. The quantitative estimate of drug-likeness (QED) is 0.794. The summed E-state index contributed by atoms with van der Waals surface area (Å²) in [7, 11) is 0. The van der Waals surface area contributed by atoms with Crippen molar-refractivity contribution < 1.29 is 9.59 Å². The zero-order valence-corrected chi connectivity index (χ0v) is 17.7. The molecule has 1 N–H and O–H groups in total. The molecule has 2 aliphatic heterocycles. The third-order valence-electron chi connectivity index (χ3n) is 5.65. The summed E-state index contributed by atoms with van der Waals surface area (Å²) in [4.78, 5) is 29.3. The van der Waals surface area contributed by atoms with E-state index in [1.807, 2.05) is 64.0 Å². The molecule has 7 heteroatoms. The van der Waals surface area contributed by atoms with E-state index >= 15 is 0 Å². The number of hydrogen-bond acceptors (Lipinski definition) is 3. The highest BCUT2D eigenvalue weighted by atomic mass is 35.5. The lowest BCUT2D eigenvalue weighted by Crippen LogP contribution is -2.55. The number of nitrogens with zero attached hydrogens (tertiary/aromatic N) is 2. The lowest BCUT2D eigenvalue weighted by atomic mass is 10.0. The number of amides is 3. The van der Waals surface area contributed by atoms with Crippen molar-refractivity contribution in [3.63, 3.8) is 0 Å². The first-order valence-corrected chi connectivity index (χ1v) is 11.2. The number of thioether (sulfide) groups is 1. The summed E-state index contributed by atoms with van der Waals surface area (Å²) in [5.74, 6) is 0.902. The fourth-order valence-corrected chi connectivity index (χ4v) is 5.71. The minimum Gasteiger partial charge on any atom is -0.334 e. The summed E-state index contributed by atoms with van der Waals surface area (Å²) in [6.45, 7) is 2.52. The second-order valence-corrected chi connectivity index (χ2v) is 9.23. The van der Waals surface area contributed by atoms with Gasteiger partial charge in [-0.15, -0.1) is 11.8 Å². The van der Waals surface area contributed by atoms with E-state index in [1.54, 1.807) is 12.1 Å². The van der Waals surface area contributed by atoms with E-state index in [1.165, 1.54) is 0 Å². The average molecular weight is 430 g/mol. The number of likely N-dealkylation sites (tertiary alicyclic amines) is 1. The van der Waals surface area contributed by atoms with E-state index in [0.29, 0.717) is 30.2 Å². The van der Waals surface area contributed by atoms with Crippen molar-refractivity contribution in [3.8, 4) is 0 Å². The minimum absolute atomic E-state index is 0.0115. The SMILES string of the molecule is O=C(NCc1ccccc1)N1CCC2(CC1)SCCN2C(=O)c1ccccc1Cl. The van der Waals surface area contributed by atoms with E-state index in [4.69, 9.17) is 11.6 Å². The van der Waals surface area contributed by atoms with E-state index in [0.717, 1.165) is 30.7 Å². The van der Waals surface area contributed by atoms with Crippen molar-refractivity contribution in [1.29, 1.82) is 0 Å². The third-order valence-corrected chi connectivity index (χ3v) is 7.53. The van der Waals surface area contributed by atoms with Gasteiger partial charge in [0.15, 0.2) is 0 Å². The molecular formula is C22H24ClN3O2S. The van der Waals surface area contributed by atoms with Gasteiger partial charge in [0.2, 0.25) is 0 Å². The maximum absolute atomic E-state index is 13.2. The van der Waals surface area contributed by atoms with Crippen LogP contribution in [0.5, 0.6) is 0 Å². The predicted octanol–water partition coefficient (Wildman–Crippen LogP) is 4.23. The summed E-state index contributed by atoms with van der Waals surface area (Å²) < 4.78 is 0. The first kappa shape index (κ1) is 20.1. The van der Waals surface area contributed by atoms with Gasteiger partial charge >= 0.3 is 6.03 Å². The molecule has 2 heterocycles. The monoisotopic (exact) mass is 429 g/mol. The van der Waals surface area contributed by atoms with Crippen molar-refractivity contribution in [1.82, 2.24) is 15.1 Å². The molecule has 2 fully saturated rings. The molecule has 5 nitrogen and oxygen atoms in total. The summed E-state index contributed by atoms with van der Waals surface area (Å²) in [6.07, 6.45) is 1.54. The van der Waals surface area contributed by atoms with Crippen molar-refractivity contribution in [3.05, 3.63) is 70.7 Å². The standard InChI is InChI=1S/C22H24ClN3O2S/c23-19-9-5-4-8-18(19)20(27)26-14-15-29-22(26)10-12-25(13-11-22)21(28)24-16-17-6-2-1-3-7-17/h1-9H,10-16H2,(H,24,28). The molecule has 2 aromatic carbocycles. The lowest BCUT2D eigenvalue weighted by Gasteiger charge is -2.44. The zero-order chi connectivity index (χ0) is 20.3. The normalized spacial score (nSPS) is 18.1. The maximum Gasteiger partial charge on any atom is 0.317 e. The Morgan fingerprint density at radius 3 is 2.41 bits per heavy atom. The summed E-state index contributed by atoms with van der Waals surface area (Å²) in [5.41, 5.74) is 1.64. The Morgan fingerprint density at radius 1 is 1.00 bits per heavy atom. The molecule has 2 aliphatic rings. The number of urea groups is 1. The highest BCUT2D eigenvalue weighted by Gasteiger charge is 2.47. The van der Waals surface area contributed by atoms with Crippen molar-refractivity contribution in [2.45, 2.75) is 24.3 Å². The molecule has 1 spiro atoms. The van der Waals surface area contributed by atoms with Crippen LogP contribution < -0.4 is 5.32 Å². The Balaban J connectivity index is 1.38. The Labute approximate surface area is 180 Å². The largest absolute Gasteiger partial charge is 0.334 e. The number of nitrogens with one attached hydrogen (secondary N) is 1. The second kappa shape index (κ2) is 8.67. The van der Waals surface area contributed by atoms with E-state index in [9.17, 15) is 9.59 Å². The Morgan fingerprint density at radius 2 is 1.69 bits per heavy atom. The molecule has 2 saturated heterocycles. The molecule has 2 aromatic rings. The molecule has 4 rings (SSSR count). The van der Waals surface area contributed by atoms with Crippen LogP contribution in [-0.2, 0) is 6.54 Å². The van der Waals surface area contributed by atoms with Gasteiger partial charge in [0.1, 0.15) is 0 Å². The van der Waals surface area contributed by atoms with E-state index in [-0.39, 0.29) is 16.8 Å². The van der Waals surface area contributed by atoms with Crippen LogP contribution >= 0.6 is 23.4 Å². The first-order chi connectivity index (χ1) is 14.1. The van der Waals surface area contributed by atoms with Gasteiger partial charge in [0.05, 0.1) is 15.5 Å². The average Bonchev–Trinajstić information content (AvgIpc) is 3.16. The van der Waals surface area contributed by atoms with Crippen molar-refractivity contribution in [2.24, 2.45) is 0 Å². The minimum atomic E-state index is -0.244. The van der Waals surface area contributed by atoms with Crippen LogP contribution in [0.15, 0.2) is 54.6 Å². The Kier molecular flexibility index (Phi) is 6.01. The highest BCUT2D eigenvalue weighted by Crippen LogP contribution is 2.44. The molecule has 0 aliphatic carbocycles. The van der Waals surface area contributed by atoms with Crippen molar-refractivity contribution in [2.75, 3.05) is 25.4 Å². The number of halogens is 1. The number of benzene rings is 2. The van der Waals surface area contributed by atoms with Crippen LogP contribution in [0.2, 0.25) is 5.02 Å². The molecule has 152 valence electrons. The summed E-state index contributed by atoms with van der Waals surface area (Å²) >= 11 is 8.09. The zero-order valence-electron chi connectivity index (χ0n) is 16.1. The van der Waals surface area contributed by atoms with Crippen LogP contribution in [0.25, 0.3) is 0 Å². The van der Waals surface area contributed by atoms with Crippen LogP contribution in [0.1, 0.15) is 28.8 Å². The Hall–Kier alpha value is -2.18. The van der Waals surface area contributed by atoms with Gasteiger partial charge < -0.3 is 15.1 Å². The van der Waals surface area contributed by atoms with Crippen LogP contribution in [0.3, 0.4) is 0 Å². The molecular weight excluding hydrogens is 406 g/mol. The number of carbonyl (C=O) groups excluding carboxylic acids is 2. The topological polar surface area (TPSA) is 52.7 Å². The number of piperidine rings is 1. The second-order valence-electron chi connectivity index (χ2n) is 7.36. The molecule has 0 unspecified atom stereocenters. The smallest absolute Gasteiger partial charge is 0.317 e. The molecule has 0 bridgehead atoms. The van der Waals surface area contributed by atoms with E-state index < -0.39 is 0 Å². The van der Waals surface area contributed by atoms with Gasteiger partial charge in [-0.2, -0.15) is 0 Å². The Bertz CT molecular complexity index is 885. The highest BCUT2D eigenvalue weighted by molar-refractivity contribution is 8.00. The van der Waals surface area contributed by atoms with Crippen LogP contribution in [-0.4, -0.2) is 52.0 Å². The van der Waals surface area contributed by atoms with Gasteiger partial charge in [0.25, 0.3) is 5.91 Å². The van der Waals surface area contributed by atoms with Gasteiger partial charge in [-0.25, -0.2) is 4.79 Å².